The first kappa shape index (κ1) is 21.9. The van der Waals surface area contributed by atoms with Gasteiger partial charge in [0.2, 0.25) is 0 Å². The summed E-state index contributed by atoms with van der Waals surface area (Å²) in [6, 6.07) is 16.2. The van der Waals surface area contributed by atoms with Crippen molar-refractivity contribution in [3.63, 3.8) is 0 Å². The number of benzene rings is 2. The van der Waals surface area contributed by atoms with E-state index < -0.39 is 4.92 Å². The maximum Gasteiger partial charge on any atom is 0.270 e. The van der Waals surface area contributed by atoms with Crippen molar-refractivity contribution in [2.75, 3.05) is 5.75 Å². The third-order valence-corrected chi connectivity index (χ3v) is 7.00. The van der Waals surface area contributed by atoms with Gasteiger partial charge in [0.1, 0.15) is 0 Å². The molecule has 3 aromatic rings. The minimum atomic E-state index is -0.472. The SMILES string of the molecule is C/C(=N\NC(=O)CSc1nnc(SCc2ccccc2)s1)c1cccc([N+](=O)[O-])c1. The number of nitro groups is 1. The number of nitro benzene ring substituents is 1. The molecule has 154 valence electrons. The van der Waals surface area contributed by atoms with Crippen molar-refractivity contribution in [2.45, 2.75) is 21.4 Å². The van der Waals surface area contributed by atoms with Gasteiger partial charge in [-0.25, -0.2) is 5.43 Å². The van der Waals surface area contributed by atoms with Crippen LogP contribution in [0.25, 0.3) is 0 Å². The third-order valence-electron chi connectivity index (χ3n) is 3.74. The summed E-state index contributed by atoms with van der Waals surface area (Å²) in [6.07, 6.45) is 0. The number of carbonyl (C=O) groups excluding carboxylic acids is 1. The van der Waals surface area contributed by atoms with Crippen molar-refractivity contribution >= 4 is 52.2 Å². The Morgan fingerprint density at radius 1 is 1.13 bits per heavy atom. The molecule has 1 N–H and O–H groups in total. The summed E-state index contributed by atoms with van der Waals surface area (Å²) in [4.78, 5) is 22.4. The zero-order valence-electron chi connectivity index (χ0n) is 15.8. The summed E-state index contributed by atoms with van der Waals surface area (Å²) < 4.78 is 1.56. The van der Waals surface area contributed by atoms with Crippen LogP contribution in [0.5, 0.6) is 0 Å². The van der Waals surface area contributed by atoms with Gasteiger partial charge in [0, 0.05) is 23.4 Å². The first-order valence-corrected chi connectivity index (χ1v) is 11.5. The van der Waals surface area contributed by atoms with Crippen LogP contribution in [-0.4, -0.2) is 32.5 Å². The Morgan fingerprint density at radius 2 is 1.87 bits per heavy atom. The molecule has 3 rings (SSSR count). The molecule has 8 nitrogen and oxygen atoms in total. The number of nitrogens with one attached hydrogen (secondary N) is 1. The molecule has 30 heavy (non-hydrogen) atoms. The van der Waals surface area contributed by atoms with Gasteiger partial charge in [0.25, 0.3) is 11.6 Å². The predicted molar refractivity (Wildman–Crippen MR) is 120 cm³/mol. The van der Waals surface area contributed by atoms with Crippen LogP contribution in [0, 0.1) is 10.1 Å². The fourth-order valence-corrected chi connectivity index (χ4v) is 5.02. The van der Waals surface area contributed by atoms with Crippen molar-refractivity contribution in [1.82, 2.24) is 15.6 Å². The topological polar surface area (TPSA) is 110 Å². The van der Waals surface area contributed by atoms with E-state index >= 15 is 0 Å². The largest absolute Gasteiger partial charge is 0.272 e. The summed E-state index contributed by atoms with van der Waals surface area (Å²) in [6.45, 7) is 1.67. The number of thioether (sulfide) groups is 2. The van der Waals surface area contributed by atoms with Crippen LogP contribution in [0.3, 0.4) is 0 Å². The minimum Gasteiger partial charge on any atom is -0.272 e. The lowest BCUT2D eigenvalue weighted by Gasteiger charge is -2.02. The molecule has 0 atom stereocenters. The van der Waals surface area contributed by atoms with Gasteiger partial charge < -0.3 is 0 Å². The Balaban J connectivity index is 1.46. The number of non-ortho nitro benzene ring substituents is 1. The fourth-order valence-electron chi connectivity index (χ4n) is 2.25. The zero-order chi connectivity index (χ0) is 21.3. The summed E-state index contributed by atoms with van der Waals surface area (Å²) in [5.74, 6) is 0.661. The fraction of sp³-hybridized carbons (Fsp3) is 0.158. The van der Waals surface area contributed by atoms with Crippen LogP contribution in [0.4, 0.5) is 5.69 Å². The van der Waals surface area contributed by atoms with Gasteiger partial charge in [0.05, 0.1) is 16.4 Å². The van der Waals surface area contributed by atoms with E-state index in [9.17, 15) is 14.9 Å². The molecule has 0 saturated carbocycles. The summed E-state index contributed by atoms with van der Waals surface area (Å²) in [5.41, 5.74) is 4.70. The molecule has 1 aromatic heterocycles. The van der Waals surface area contributed by atoms with Gasteiger partial charge in [-0.3, -0.25) is 14.9 Å². The van der Waals surface area contributed by atoms with Gasteiger partial charge in [-0.05, 0) is 12.5 Å². The number of amides is 1. The molecule has 1 heterocycles. The highest BCUT2D eigenvalue weighted by Gasteiger charge is 2.10. The lowest BCUT2D eigenvalue weighted by atomic mass is 10.1. The molecular weight excluding hydrogens is 442 g/mol. The number of aromatic nitrogens is 2. The predicted octanol–water partition coefficient (Wildman–Crippen LogP) is 4.37. The molecule has 0 aliphatic heterocycles. The van der Waals surface area contributed by atoms with Crippen molar-refractivity contribution in [2.24, 2.45) is 5.10 Å². The second kappa shape index (κ2) is 10.9. The maximum absolute atomic E-state index is 12.0. The number of hydrazone groups is 1. The summed E-state index contributed by atoms with van der Waals surface area (Å²) in [7, 11) is 0. The minimum absolute atomic E-state index is 0.0267. The first-order valence-electron chi connectivity index (χ1n) is 8.72. The van der Waals surface area contributed by atoms with Crippen LogP contribution in [-0.2, 0) is 10.5 Å². The molecular formula is C19H17N5O3S3. The highest BCUT2D eigenvalue weighted by molar-refractivity contribution is 8.03. The third kappa shape index (κ3) is 6.65. The molecule has 0 fully saturated rings. The van der Waals surface area contributed by atoms with Crippen LogP contribution >= 0.6 is 34.9 Å². The second-order valence-corrected chi connectivity index (χ2v) is 9.36. The molecule has 0 unspecified atom stereocenters. The van der Waals surface area contributed by atoms with Crippen LogP contribution < -0.4 is 5.43 Å². The van der Waals surface area contributed by atoms with E-state index in [4.69, 9.17) is 0 Å². The molecule has 0 spiro atoms. The van der Waals surface area contributed by atoms with E-state index in [1.807, 2.05) is 18.2 Å². The number of hydrogen-bond donors (Lipinski definition) is 1. The Bertz CT molecular complexity index is 1060. The van der Waals surface area contributed by atoms with Crippen molar-refractivity contribution < 1.29 is 9.72 Å². The van der Waals surface area contributed by atoms with Crippen molar-refractivity contribution in [1.29, 1.82) is 0 Å². The molecule has 2 aromatic carbocycles. The summed E-state index contributed by atoms with van der Waals surface area (Å²) in [5, 5.41) is 23.1. The van der Waals surface area contributed by atoms with E-state index in [1.54, 1.807) is 30.8 Å². The molecule has 1 amide bonds. The van der Waals surface area contributed by atoms with E-state index in [1.165, 1.54) is 40.8 Å². The highest BCUT2D eigenvalue weighted by atomic mass is 32.2. The average Bonchev–Trinajstić information content (AvgIpc) is 3.23. The second-order valence-electron chi connectivity index (χ2n) is 5.94. The van der Waals surface area contributed by atoms with Crippen molar-refractivity contribution in [3.8, 4) is 0 Å². The molecule has 0 aliphatic rings. The van der Waals surface area contributed by atoms with Gasteiger partial charge in [-0.1, -0.05) is 77.3 Å². The first-order chi connectivity index (χ1) is 14.5. The molecule has 0 radical (unpaired) electrons. The van der Waals surface area contributed by atoms with Crippen LogP contribution in [0.1, 0.15) is 18.1 Å². The Kier molecular flexibility index (Phi) is 7.94. The summed E-state index contributed by atoms with van der Waals surface area (Å²) >= 11 is 4.33. The lowest BCUT2D eigenvalue weighted by Crippen LogP contribution is -2.21. The number of rotatable bonds is 9. The molecule has 0 bridgehead atoms. The molecule has 0 aliphatic carbocycles. The van der Waals surface area contributed by atoms with E-state index in [-0.39, 0.29) is 17.3 Å². The lowest BCUT2D eigenvalue weighted by molar-refractivity contribution is -0.384. The van der Waals surface area contributed by atoms with Crippen molar-refractivity contribution in [3.05, 3.63) is 75.8 Å². The Labute approximate surface area is 185 Å². The van der Waals surface area contributed by atoms with Gasteiger partial charge in [-0.2, -0.15) is 5.10 Å². The zero-order valence-corrected chi connectivity index (χ0v) is 18.3. The quantitative estimate of drug-likeness (QED) is 0.219. The average molecular weight is 460 g/mol. The normalized spacial score (nSPS) is 11.3. The van der Waals surface area contributed by atoms with Gasteiger partial charge >= 0.3 is 0 Å². The van der Waals surface area contributed by atoms with E-state index in [0.29, 0.717) is 15.6 Å². The molecule has 11 heteroatoms. The van der Waals surface area contributed by atoms with Gasteiger partial charge in [-0.15, -0.1) is 10.2 Å². The number of nitrogens with zero attached hydrogens (tertiary/aromatic N) is 4. The standard InChI is InChI=1S/C19H17N5O3S3/c1-13(15-8-5-9-16(10-15)24(26)27)20-21-17(25)12-29-19-23-22-18(30-19)28-11-14-6-3-2-4-7-14/h2-10H,11-12H2,1H3,(H,21,25)/b20-13+. The maximum atomic E-state index is 12.0. The number of hydrogen-bond acceptors (Lipinski definition) is 9. The van der Waals surface area contributed by atoms with E-state index in [0.717, 1.165) is 10.1 Å². The molecule has 0 saturated heterocycles. The number of carbonyl (C=O) groups is 1. The van der Waals surface area contributed by atoms with E-state index in [2.05, 4.69) is 32.9 Å². The van der Waals surface area contributed by atoms with Gasteiger partial charge in [0.15, 0.2) is 8.68 Å². The smallest absolute Gasteiger partial charge is 0.270 e. The highest BCUT2D eigenvalue weighted by Crippen LogP contribution is 2.30. The monoisotopic (exact) mass is 459 g/mol. The Morgan fingerprint density at radius 3 is 2.60 bits per heavy atom. The Hall–Kier alpha value is -2.76. The van der Waals surface area contributed by atoms with Crippen LogP contribution in [0.15, 0.2) is 68.4 Å². The van der Waals surface area contributed by atoms with Crippen LogP contribution in [0.2, 0.25) is 0 Å².